The van der Waals surface area contributed by atoms with E-state index in [2.05, 4.69) is 42.1 Å². The van der Waals surface area contributed by atoms with E-state index >= 15 is 0 Å². The van der Waals surface area contributed by atoms with Gasteiger partial charge in [-0.15, -0.1) is 0 Å². The molecule has 1 aromatic rings. The number of aromatic nitrogens is 1. The van der Waals surface area contributed by atoms with Crippen LogP contribution in [0.2, 0.25) is 0 Å². The molecule has 0 radical (unpaired) electrons. The number of hydrogen-bond donors (Lipinski definition) is 1. The largest absolute Gasteiger partial charge is 0.345 e. The number of rotatable bonds is 4. The van der Waals surface area contributed by atoms with Crippen molar-refractivity contribution in [1.29, 1.82) is 0 Å². The molecule has 4 saturated carbocycles. The van der Waals surface area contributed by atoms with E-state index in [-0.39, 0.29) is 11.4 Å². The van der Waals surface area contributed by atoms with Crippen LogP contribution in [0.4, 0.5) is 0 Å². The average Bonchev–Trinajstić information content (AvgIpc) is 2.47. The highest BCUT2D eigenvalue weighted by Gasteiger charge is 2.51. The van der Waals surface area contributed by atoms with Crippen LogP contribution in [0.3, 0.4) is 0 Å². The Kier molecular flexibility index (Phi) is 3.70. The lowest BCUT2D eigenvalue weighted by Gasteiger charge is -2.56. The minimum Gasteiger partial charge on any atom is -0.345 e. The van der Waals surface area contributed by atoms with E-state index in [1.807, 2.05) is 0 Å². The molecule has 4 bridgehead atoms. The van der Waals surface area contributed by atoms with Crippen LogP contribution in [0, 0.1) is 24.7 Å². The Hall–Kier alpha value is -1.38. The Morgan fingerprint density at radius 1 is 1.17 bits per heavy atom. The van der Waals surface area contributed by atoms with Gasteiger partial charge in [-0.3, -0.25) is 4.79 Å². The molecular weight excluding hydrogens is 284 g/mol. The number of pyridine rings is 1. The van der Waals surface area contributed by atoms with Gasteiger partial charge in [0.15, 0.2) is 11.9 Å². The molecule has 4 aliphatic rings. The van der Waals surface area contributed by atoms with Crippen LogP contribution >= 0.6 is 0 Å². The lowest BCUT2D eigenvalue weighted by molar-refractivity contribution is -0.691. The molecule has 23 heavy (non-hydrogen) atoms. The van der Waals surface area contributed by atoms with Crippen LogP contribution in [0.15, 0.2) is 18.3 Å². The SMILES string of the molecule is CCc1ccc(C)[n+](CC(=O)NC23CC4CC(CC(C4)C2)C3)c1. The van der Waals surface area contributed by atoms with Gasteiger partial charge < -0.3 is 5.32 Å². The first-order valence-corrected chi connectivity index (χ1v) is 9.35. The summed E-state index contributed by atoms with van der Waals surface area (Å²) in [4.78, 5) is 12.7. The zero-order chi connectivity index (χ0) is 16.0. The predicted octanol–water partition coefficient (Wildman–Crippen LogP) is 2.93. The molecule has 0 aliphatic heterocycles. The summed E-state index contributed by atoms with van der Waals surface area (Å²) >= 11 is 0. The summed E-state index contributed by atoms with van der Waals surface area (Å²) in [7, 11) is 0. The minimum absolute atomic E-state index is 0.128. The topological polar surface area (TPSA) is 33.0 Å². The summed E-state index contributed by atoms with van der Waals surface area (Å²) < 4.78 is 2.11. The molecule has 5 rings (SSSR count). The van der Waals surface area contributed by atoms with Crippen molar-refractivity contribution in [2.45, 2.75) is 70.9 Å². The highest BCUT2D eigenvalue weighted by Crippen LogP contribution is 2.55. The van der Waals surface area contributed by atoms with Crippen molar-refractivity contribution < 1.29 is 9.36 Å². The molecule has 1 aromatic heterocycles. The second kappa shape index (κ2) is 5.61. The second-order valence-corrected chi connectivity index (χ2v) is 8.41. The Morgan fingerprint density at radius 2 is 1.78 bits per heavy atom. The smallest absolute Gasteiger partial charge is 0.286 e. The van der Waals surface area contributed by atoms with Crippen molar-refractivity contribution in [2.24, 2.45) is 17.8 Å². The highest BCUT2D eigenvalue weighted by molar-refractivity contribution is 5.75. The van der Waals surface area contributed by atoms with E-state index in [0.29, 0.717) is 6.54 Å². The van der Waals surface area contributed by atoms with Crippen molar-refractivity contribution in [3.05, 3.63) is 29.6 Å². The predicted molar refractivity (Wildman–Crippen MR) is 89.8 cm³/mol. The van der Waals surface area contributed by atoms with E-state index in [1.165, 1.54) is 44.1 Å². The standard InChI is InChI=1S/C20H28N2O/c1-3-15-5-4-14(2)22(12-15)13-19(23)21-20-9-16-6-17(10-20)8-18(7-16)11-20/h4-5,12,16-18H,3,6-11,13H2,1-2H3/p+1. The van der Waals surface area contributed by atoms with Gasteiger partial charge in [0.25, 0.3) is 5.91 Å². The molecule has 0 aromatic carbocycles. The third kappa shape index (κ3) is 2.90. The van der Waals surface area contributed by atoms with Crippen molar-refractivity contribution in [1.82, 2.24) is 5.32 Å². The van der Waals surface area contributed by atoms with Gasteiger partial charge in [0, 0.05) is 24.1 Å². The molecule has 3 heteroatoms. The van der Waals surface area contributed by atoms with Gasteiger partial charge in [0.2, 0.25) is 6.54 Å². The van der Waals surface area contributed by atoms with Crippen LogP contribution in [0.5, 0.6) is 0 Å². The van der Waals surface area contributed by atoms with Crippen LogP contribution in [-0.2, 0) is 17.8 Å². The summed E-state index contributed by atoms with van der Waals surface area (Å²) in [6.07, 6.45) is 11.1. The minimum atomic E-state index is 0.128. The van der Waals surface area contributed by atoms with Gasteiger partial charge in [-0.1, -0.05) is 6.92 Å². The first kappa shape index (κ1) is 15.2. The molecule has 4 fully saturated rings. The van der Waals surface area contributed by atoms with E-state index < -0.39 is 0 Å². The van der Waals surface area contributed by atoms with Gasteiger partial charge in [-0.2, -0.15) is 4.57 Å². The van der Waals surface area contributed by atoms with E-state index in [4.69, 9.17) is 0 Å². The maximum atomic E-state index is 12.7. The molecule has 124 valence electrons. The molecule has 0 unspecified atom stereocenters. The number of carbonyl (C=O) groups is 1. The molecule has 0 atom stereocenters. The summed E-state index contributed by atoms with van der Waals surface area (Å²) in [5, 5.41) is 3.48. The lowest BCUT2D eigenvalue weighted by atomic mass is 9.53. The molecular formula is C20H29N2O+. The molecule has 0 spiro atoms. The monoisotopic (exact) mass is 313 g/mol. The summed E-state index contributed by atoms with van der Waals surface area (Å²) in [6.45, 7) is 4.70. The molecule has 1 heterocycles. The van der Waals surface area contributed by atoms with Crippen molar-refractivity contribution in [2.75, 3.05) is 0 Å². The third-order valence-corrected chi connectivity index (χ3v) is 6.48. The average molecular weight is 313 g/mol. The second-order valence-electron chi connectivity index (χ2n) is 8.41. The first-order valence-electron chi connectivity index (χ1n) is 9.35. The quantitative estimate of drug-likeness (QED) is 0.852. The number of nitrogens with one attached hydrogen (secondary N) is 1. The first-order chi connectivity index (χ1) is 11.0. The van der Waals surface area contributed by atoms with Crippen LogP contribution < -0.4 is 9.88 Å². The molecule has 0 saturated heterocycles. The van der Waals surface area contributed by atoms with E-state index in [0.717, 1.165) is 29.9 Å². The Bertz CT molecular complexity index is 587. The Labute approximate surface area is 139 Å². The zero-order valence-corrected chi connectivity index (χ0v) is 14.5. The van der Waals surface area contributed by atoms with Crippen LogP contribution in [0.1, 0.15) is 56.7 Å². The van der Waals surface area contributed by atoms with Crippen LogP contribution in [0.25, 0.3) is 0 Å². The van der Waals surface area contributed by atoms with Gasteiger partial charge in [-0.25, -0.2) is 0 Å². The van der Waals surface area contributed by atoms with Gasteiger partial charge in [0.05, 0.1) is 0 Å². The summed E-state index contributed by atoms with van der Waals surface area (Å²) in [6, 6.07) is 4.28. The van der Waals surface area contributed by atoms with E-state index in [9.17, 15) is 4.79 Å². The van der Waals surface area contributed by atoms with Gasteiger partial charge in [0.1, 0.15) is 0 Å². The Morgan fingerprint density at radius 3 is 2.35 bits per heavy atom. The molecule has 1 N–H and O–H groups in total. The maximum Gasteiger partial charge on any atom is 0.286 e. The molecule has 3 nitrogen and oxygen atoms in total. The normalized spacial score (nSPS) is 34.6. The van der Waals surface area contributed by atoms with Gasteiger partial charge in [-0.05, 0) is 68.8 Å². The summed E-state index contributed by atoms with van der Waals surface area (Å²) in [5.41, 5.74) is 2.57. The number of aryl methyl sites for hydroxylation is 2. The molecule has 4 aliphatic carbocycles. The number of amides is 1. The molecule has 1 amide bonds. The fourth-order valence-electron chi connectivity index (χ4n) is 5.80. The van der Waals surface area contributed by atoms with Crippen molar-refractivity contribution in [3.8, 4) is 0 Å². The number of nitrogens with zero attached hydrogens (tertiary/aromatic N) is 1. The third-order valence-electron chi connectivity index (χ3n) is 6.48. The van der Waals surface area contributed by atoms with Crippen molar-refractivity contribution in [3.63, 3.8) is 0 Å². The fraction of sp³-hybridized carbons (Fsp3) is 0.700. The number of carbonyl (C=O) groups excluding carboxylic acids is 1. The fourth-order valence-corrected chi connectivity index (χ4v) is 5.80. The summed E-state index contributed by atoms with van der Waals surface area (Å²) in [5.74, 6) is 2.83. The number of hydrogen-bond acceptors (Lipinski definition) is 1. The van der Waals surface area contributed by atoms with Crippen LogP contribution in [-0.4, -0.2) is 11.4 Å². The highest BCUT2D eigenvalue weighted by atomic mass is 16.2. The zero-order valence-electron chi connectivity index (χ0n) is 14.5. The maximum absolute atomic E-state index is 12.7. The van der Waals surface area contributed by atoms with Gasteiger partial charge >= 0.3 is 0 Å². The van der Waals surface area contributed by atoms with E-state index in [1.54, 1.807) is 0 Å². The Balaban J connectivity index is 1.46. The lowest BCUT2D eigenvalue weighted by Crippen LogP contribution is -2.61. The van der Waals surface area contributed by atoms with Crippen molar-refractivity contribution >= 4 is 5.91 Å².